The van der Waals surface area contributed by atoms with Crippen LogP contribution in [0.1, 0.15) is 11.3 Å². The Balaban J connectivity index is 2.40. The number of nitrogens with zero attached hydrogens (tertiary/aromatic N) is 4. The van der Waals surface area contributed by atoms with E-state index < -0.39 is 0 Å². The smallest absolute Gasteiger partial charge is 0.246 e. The Kier molecular flexibility index (Phi) is 4.20. The molecular formula is C14H19N5O. The Bertz CT molecular complexity index is 549. The molecule has 0 aliphatic carbocycles. The van der Waals surface area contributed by atoms with Crippen LogP contribution in [0.5, 0.6) is 0 Å². The van der Waals surface area contributed by atoms with Gasteiger partial charge in [-0.1, -0.05) is 0 Å². The molecule has 0 spiro atoms. The maximum atomic E-state index is 12.3. The molecule has 2 rings (SSSR count). The van der Waals surface area contributed by atoms with E-state index in [9.17, 15) is 10.1 Å². The lowest BCUT2D eigenvalue weighted by molar-refractivity contribution is -0.130. The van der Waals surface area contributed by atoms with Crippen molar-refractivity contribution in [1.29, 1.82) is 5.26 Å². The molecule has 1 fully saturated rings. The summed E-state index contributed by atoms with van der Waals surface area (Å²) in [5.74, 6) is 0.624. The van der Waals surface area contributed by atoms with Crippen molar-refractivity contribution < 1.29 is 4.79 Å². The highest BCUT2D eigenvalue weighted by molar-refractivity contribution is 5.85. The lowest BCUT2D eigenvalue weighted by Gasteiger charge is -2.37. The molecule has 1 aliphatic heterocycles. The second-order valence-electron chi connectivity index (χ2n) is 5.08. The largest absolute Gasteiger partial charge is 0.347 e. The van der Waals surface area contributed by atoms with Crippen molar-refractivity contribution in [3.63, 3.8) is 0 Å². The van der Waals surface area contributed by atoms with Crippen molar-refractivity contribution >= 4 is 11.7 Å². The van der Waals surface area contributed by atoms with Crippen LogP contribution in [0.15, 0.2) is 12.1 Å². The first-order valence-electron chi connectivity index (χ1n) is 6.61. The maximum absolute atomic E-state index is 12.3. The van der Waals surface area contributed by atoms with Gasteiger partial charge in [0.2, 0.25) is 5.91 Å². The quantitative estimate of drug-likeness (QED) is 0.829. The van der Waals surface area contributed by atoms with Gasteiger partial charge in [0.25, 0.3) is 0 Å². The Morgan fingerprint density at radius 2 is 2.30 bits per heavy atom. The van der Waals surface area contributed by atoms with Gasteiger partial charge in [0.05, 0.1) is 5.56 Å². The lowest BCUT2D eigenvalue weighted by atomic mass is 10.1. The summed E-state index contributed by atoms with van der Waals surface area (Å²) >= 11 is 0. The van der Waals surface area contributed by atoms with Crippen molar-refractivity contribution in [2.24, 2.45) is 0 Å². The van der Waals surface area contributed by atoms with E-state index >= 15 is 0 Å². The van der Waals surface area contributed by atoms with Crippen molar-refractivity contribution in [1.82, 2.24) is 15.2 Å². The normalized spacial score (nSPS) is 18.5. The first kappa shape index (κ1) is 14.3. The fraction of sp³-hybridized carbons (Fsp3) is 0.500. The zero-order valence-electron chi connectivity index (χ0n) is 12.1. The SMILES string of the molecule is Cc1ccc(C#N)c(N2CCNCC2C(=O)N(C)C)n1. The monoisotopic (exact) mass is 273 g/mol. The zero-order chi connectivity index (χ0) is 14.7. The van der Waals surface area contributed by atoms with Gasteiger partial charge >= 0.3 is 0 Å². The molecule has 1 aromatic heterocycles. The van der Waals surface area contributed by atoms with Gasteiger partial charge in [-0.15, -0.1) is 0 Å². The fourth-order valence-corrected chi connectivity index (χ4v) is 2.33. The molecule has 6 nitrogen and oxygen atoms in total. The number of aryl methyl sites for hydroxylation is 1. The Labute approximate surface area is 119 Å². The number of nitrogens with one attached hydrogen (secondary N) is 1. The predicted molar refractivity (Wildman–Crippen MR) is 76.4 cm³/mol. The lowest BCUT2D eigenvalue weighted by Crippen LogP contribution is -2.58. The second kappa shape index (κ2) is 5.88. The van der Waals surface area contributed by atoms with Gasteiger partial charge in [0.15, 0.2) is 0 Å². The van der Waals surface area contributed by atoms with Crippen LogP contribution in [0, 0.1) is 18.3 Å². The minimum absolute atomic E-state index is 0.0180. The second-order valence-corrected chi connectivity index (χ2v) is 5.08. The number of amides is 1. The molecule has 1 aliphatic rings. The van der Waals surface area contributed by atoms with Gasteiger partial charge in [0, 0.05) is 39.4 Å². The first-order chi connectivity index (χ1) is 9.54. The molecule has 20 heavy (non-hydrogen) atoms. The number of anilines is 1. The van der Waals surface area contributed by atoms with E-state index in [1.807, 2.05) is 17.9 Å². The van der Waals surface area contributed by atoms with Crippen LogP contribution in [0.3, 0.4) is 0 Å². The molecular weight excluding hydrogens is 254 g/mol. The van der Waals surface area contributed by atoms with Gasteiger partial charge in [-0.05, 0) is 19.1 Å². The molecule has 0 aromatic carbocycles. The van der Waals surface area contributed by atoms with Crippen LogP contribution in [-0.4, -0.2) is 55.6 Å². The number of piperazine rings is 1. The van der Waals surface area contributed by atoms with Gasteiger partial charge in [0.1, 0.15) is 17.9 Å². The molecule has 1 aromatic rings. The van der Waals surface area contributed by atoms with E-state index in [0.717, 1.165) is 12.2 Å². The minimum Gasteiger partial charge on any atom is -0.347 e. The number of likely N-dealkylation sites (N-methyl/N-ethyl adjacent to an activating group) is 1. The molecule has 1 unspecified atom stereocenters. The molecule has 0 bridgehead atoms. The minimum atomic E-state index is -0.319. The summed E-state index contributed by atoms with van der Waals surface area (Å²) < 4.78 is 0. The third kappa shape index (κ3) is 2.73. The van der Waals surface area contributed by atoms with E-state index in [1.165, 1.54) is 0 Å². The third-order valence-corrected chi connectivity index (χ3v) is 3.38. The predicted octanol–water partition coefficient (Wildman–Crippen LogP) is 0.128. The van der Waals surface area contributed by atoms with Gasteiger partial charge in [-0.25, -0.2) is 4.98 Å². The number of carbonyl (C=O) groups excluding carboxylic acids is 1. The summed E-state index contributed by atoms with van der Waals surface area (Å²) in [7, 11) is 3.48. The van der Waals surface area contributed by atoms with Crippen molar-refractivity contribution in [2.45, 2.75) is 13.0 Å². The number of aromatic nitrogens is 1. The van der Waals surface area contributed by atoms with Crippen molar-refractivity contribution in [3.8, 4) is 6.07 Å². The fourth-order valence-electron chi connectivity index (χ4n) is 2.33. The number of nitriles is 1. The summed E-state index contributed by atoms with van der Waals surface area (Å²) in [6.07, 6.45) is 0. The summed E-state index contributed by atoms with van der Waals surface area (Å²) in [5.41, 5.74) is 1.35. The van der Waals surface area contributed by atoms with Gasteiger partial charge < -0.3 is 15.1 Å². The van der Waals surface area contributed by atoms with E-state index in [-0.39, 0.29) is 11.9 Å². The first-order valence-corrected chi connectivity index (χ1v) is 6.61. The highest BCUT2D eigenvalue weighted by Gasteiger charge is 2.31. The Morgan fingerprint density at radius 1 is 1.55 bits per heavy atom. The molecule has 1 amide bonds. The Morgan fingerprint density at radius 3 is 2.95 bits per heavy atom. The summed E-state index contributed by atoms with van der Waals surface area (Å²) in [5, 5.41) is 12.5. The van der Waals surface area contributed by atoms with Crippen LogP contribution in [0.2, 0.25) is 0 Å². The number of carbonyl (C=O) groups is 1. The average Bonchev–Trinajstić information content (AvgIpc) is 2.46. The molecule has 2 heterocycles. The van der Waals surface area contributed by atoms with Crippen molar-refractivity contribution in [3.05, 3.63) is 23.4 Å². The molecule has 6 heteroatoms. The van der Waals surface area contributed by atoms with Crippen LogP contribution in [0.4, 0.5) is 5.82 Å². The summed E-state index contributed by atoms with van der Waals surface area (Å²) in [6, 6.07) is 5.41. The average molecular weight is 273 g/mol. The molecule has 0 saturated carbocycles. The zero-order valence-corrected chi connectivity index (χ0v) is 12.1. The van der Waals surface area contributed by atoms with Crippen LogP contribution >= 0.6 is 0 Å². The highest BCUT2D eigenvalue weighted by atomic mass is 16.2. The van der Waals surface area contributed by atoms with E-state index in [2.05, 4.69) is 16.4 Å². The Hall–Kier alpha value is -2.13. The van der Waals surface area contributed by atoms with E-state index in [4.69, 9.17) is 0 Å². The molecule has 1 atom stereocenters. The number of pyridine rings is 1. The highest BCUT2D eigenvalue weighted by Crippen LogP contribution is 2.21. The van der Waals surface area contributed by atoms with E-state index in [1.54, 1.807) is 25.1 Å². The standard InChI is InChI=1S/C14H19N5O/c1-10-4-5-11(8-15)13(17-10)19-7-6-16-9-12(19)14(20)18(2)3/h4-5,12,16H,6-7,9H2,1-3H3. The van der Waals surface area contributed by atoms with Crippen LogP contribution in [0.25, 0.3) is 0 Å². The van der Waals surface area contributed by atoms with Gasteiger partial charge in [-0.2, -0.15) is 5.26 Å². The molecule has 1 N–H and O–H groups in total. The van der Waals surface area contributed by atoms with Crippen LogP contribution in [-0.2, 0) is 4.79 Å². The van der Waals surface area contributed by atoms with Crippen molar-refractivity contribution in [2.75, 3.05) is 38.6 Å². The van der Waals surface area contributed by atoms with Crippen LogP contribution < -0.4 is 10.2 Å². The summed E-state index contributed by atoms with van der Waals surface area (Å²) in [6.45, 7) is 3.89. The summed E-state index contributed by atoms with van der Waals surface area (Å²) in [4.78, 5) is 20.3. The number of rotatable bonds is 2. The molecule has 106 valence electrons. The van der Waals surface area contributed by atoms with E-state index in [0.29, 0.717) is 24.5 Å². The number of hydrogen-bond acceptors (Lipinski definition) is 5. The third-order valence-electron chi connectivity index (χ3n) is 3.38. The molecule has 1 saturated heterocycles. The van der Waals surface area contributed by atoms with Gasteiger partial charge in [-0.3, -0.25) is 4.79 Å². The number of hydrogen-bond donors (Lipinski definition) is 1. The molecule has 0 radical (unpaired) electrons. The maximum Gasteiger partial charge on any atom is 0.246 e. The topological polar surface area (TPSA) is 72.3 Å².